The van der Waals surface area contributed by atoms with Crippen LogP contribution in [0.1, 0.15) is 5.56 Å². The molecule has 2 aromatic rings. The number of rotatable bonds is 6. The summed E-state index contributed by atoms with van der Waals surface area (Å²) in [5.41, 5.74) is 2.65. The van der Waals surface area contributed by atoms with Crippen LogP contribution in [0, 0.1) is 0 Å². The minimum absolute atomic E-state index is 0.0508. The highest BCUT2D eigenvalue weighted by atomic mass is 79.9. The number of anilines is 2. The van der Waals surface area contributed by atoms with E-state index < -0.39 is 0 Å². The number of hydrogen-bond acceptors (Lipinski definition) is 3. The first-order chi connectivity index (χ1) is 11.4. The number of nitrogens with one attached hydrogen (secondary N) is 2. The van der Waals surface area contributed by atoms with Crippen molar-refractivity contribution in [1.29, 1.82) is 0 Å². The van der Waals surface area contributed by atoms with E-state index in [1.54, 1.807) is 0 Å². The van der Waals surface area contributed by atoms with Crippen LogP contribution in [0.15, 0.2) is 53.0 Å². The smallest absolute Gasteiger partial charge is 0.243 e. The summed E-state index contributed by atoms with van der Waals surface area (Å²) >= 11 is 3.35. The molecule has 2 amide bonds. The van der Waals surface area contributed by atoms with Gasteiger partial charge in [0.25, 0.3) is 0 Å². The molecule has 6 heteroatoms. The van der Waals surface area contributed by atoms with Crippen LogP contribution in [0.3, 0.4) is 0 Å². The van der Waals surface area contributed by atoms with E-state index in [0.717, 1.165) is 15.7 Å². The van der Waals surface area contributed by atoms with Crippen molar-refractivity contribution in [3.8, 4) is 0 Å². The molecule has 0 radical (unpaired) electrons. The summed E-state index contributed by atoms with van der Waals surface area (Å²) in [4.78, 5) is 25.7. The molecule has 0 aliphatic heterocycles. The van der Waals surface area contributed by atoms with Gasteiger partial charge in [-0.1, -0.05) is 28.1 Å². The van der Waals surface area contributed by atoms with Gasteiger partial charge in [0.05, 0.1) is 13.0 Å². The predicted molar refractivity (Wildman–Crippen MR) is 100 cm³/mol. The Labute approximate surface area is 150 Å². The van der Waals surface area contributed by atoms with Crippen molar-refractivity contribution < 1.29 is 9.59 Å². The fourth-order valence-electron chi connectivity index (χ4n) is 2.08. The Morgan fingerprint density at radius 1 is 0.958 bits per heavy atom. The van der Waals surface area contributed by atoms with E-state index in [0.29, 0.717) is 5.69 Å². The average Bonchev–Trinajstić information content (AvgIpc) is 2.55. The van der Waals surface area contributed by atoms with Crippen LogP contribution in [0.25, 0.3) is 0 Å². The number of carbonyl (C=O) groups is 2. The van der Waals surface area contributed by atoms with Crippen molar-refractivity contribution in [3.63, 3.8) is 0 Å². The van der Waals surface area contributed by atoms with Gasteiger partial charge in [-0.05, 0) is 42.0 Å². The number of carbonyl (C=O) groups excluding carboxylic acids is 2. The van der Waals surface area contributed by atoms with Crippen molar-refractivity contribution >= 4 is 39.1 Å². The molecule has 2 N–H and O–H groups in total. The van der Waals surface area contributed by atoms with Gasteiger partial charge in [0.1, 0.15) is 0 Å². The van der Waals surface area contributed by atoms with Crippen molar-refractivity contribution in [2.24, 2.45) is 0 Å². The van der Waals surface area contributed by atoms with Crippen molar-refractivity contribution in [2.75, 3.05) is 30.9 Å². The lowest BCUT2D eigenvalue weighted by molar-refractivity contribution is -0.123. The quantitative estimate of drug-likeness (QED) is 0.798. The molecule has 2 rings (SSSR count). The molecule has 0 fully saturated rings. The number of benzene rings is 2. The molecule has 0 unspecified atom stereocenters. The van der Waals surface area contributed by atoms with Crippen LogP contribution in [-0.2, 0) is 16.0 Å². The van der Waals surface area contributed by atoms with Crippen molar-refractivity contribution in [3.05, 3.63) is 58.6 Å². The van der Waals surface area contributed by atoms with Gasteiger partial charge in [-0.3, -0.25) is 9.59 Å². The third-order valence-electron chi connectivity index (χ3n) is 3.39. The minimum atomic E-state index is -0.253. The largest absolute Gasteiger partial charge is 0.378 e. The zero-order valence-electron chi connectivity index (χ0n) is 13.7. The molecule has 0 heterocycles. The second-order valence-corrected chi connectivity index (χ2v) is 6.49. The second-order valence-electron chi connectivity index (χ2n) is 5.57. The Balaban J connectivity index is 1.77. The van der Waals surface area contributed by atoms with Gasteiger partial charge in [-0.2, -0.15) is 0 Å². The van der Waals surface area contributed by atoms with Crippen LogP contribution in [0.4, 0.5) is 11.4 Å². The van der Waals surface area contributed by atoms with Crippen LogP contribution >= 0.6 is 15.9 Å². The molecule has 0 spiro atoms. The van der Waals surface area contributed by atoms with Crippen LogP contribution in [0.2, 0.25) is 0 Å². The first-order valence-electron chi connectivity index (χ1n) is 7.52. The second kappa shape index (κ2) is 8.49. The molecule has 0 saturated heterocycles. The molecule has 5 nitrogen and oxygen atoms in total. The van der Waals surface area contributed by atoms with Gasteiger partial charge < -0.3 is 15.5 Å². The Morgan fingerprint density at radius 2 is 1.58 bits per heavy atom. The summed E-state index contributed by atoms with van der Waals surface area (Å²) in [6, 6.07) is 15.0. The lowest BCUT2D eigenvalue weighted by Crippen LogP contribution is -2.33. The monoisotopic (exact) mass is 389 g/mol. The number of halogens is 1. The lowest BCUT2D eigenvalue weighted by atomic mass is 10.1. The maximum Gasteiger partial charge on any atom is 0.243 e. The Hall–Kier alpha value is -2.34. The topological polar surface area (TPSA) is 61.4 Å². The van der Waals surface area contributed by atoms with E-state index >= 15 is 0 Å². The van der Waals surface area contributed by atoms with Crippen LogP contribution < -0.4 is 15.5 Å². The summed E-state index contributed by atoms with van der Waals surface area (Å²) in [7, 11) is 3.91. The number of amides is 2. The van der Waals surface area contributed by atoms with Gasteiger partial charge in [0.15, 0.2) is 0 Å². The third-order valence-corrected chi connectivity index (χ3v) is 3.92. The molecular formula is C18H20BrN3O2. The van der Waals surface area contributed by atoms with E-state index in [9.17, 15) is 9.59 Å². The molecule has 126 valence electrons. The first-order valence-corrected chi connectivity index (χ1v) is 8.32. The third kappa shape index (κ3) is 5.70. The zero-order valence-corrected chi connectivity index (χ0v) is 15.3. The summed E-state index contributed by atoms with van der Waals surface area (Å²) in [6.07, 6.45) is 0.248. The summed E-state index contributed by atoms with van der Waals surface area (Å²) in [5.74, 6) is -0.438. The highest BCUT2D eigenvalue weighted by Gasteiger charge is 2.07. The number of nitrogens with zero attached hydrogens (tertiary/aromatic N) is 1. The fourth-order valence-corrected chi connectivity index (χ4v) is 2.34. The Morgan fingerprint density at radius 3 is 2.17 bits per heavy atom. The highest BCUT2D eigenvalue weighted by molar-refractivity contribution is 9.10. The van der Waals surface area contributed by atoms with E-state index in [2.05, 4.69) is 26.6 Å². The molecule has 0 bridgehead atoms. The zero-order chi connectivity index (χ0) is 17.5. The lowest BCUT2D eigenvalue weighted by Gasteiger charge is -2.13. The summed E-state index contributed by atoms with van der Waals surface area (Å²) in [5, 5.41) is 5.38. The molecule has 0 atom stereocenters. The molecule has 0 saturated carbocycles. The maximum atomic E-state index is 11.9. The van der Waals surface area contributed by atoms with E-state index in [-0.39, 0.29) is 24.8 Å². The van der Waals surface area contributed by atoms with Crippen molar-refractivity contribution in [1.82, 2.24) is 5.32 Å². The summed E-state index contributed by atoms with van der Waals surface area (Å²) in [6.45, 7) is -0.0508. The summed E-state index contributed by atoms with van der Waals surface area (Å²) < 4.78 is 0.964. The molecule has 0 aliphatic carbocycles. The Kier molecular flexibility index (Phi) is 6.37. The normalized spacial score (nSPS) is 10.1. The Bertz CT molecular complexity index is 697. The van der Waals surface area contributed by atoms with Gasteiger partial charge in [-0.25, -0.2) is 0 Å². The van der Waals surface area contributed by atoms with Gasteiger partial charge in [0.2, 0.25) is 11.8 Å². The minimum Gasteiger partial charge on any atom is -0.378 e. The predicted octanol–water partition coefficient (Wildman–Crippen LogP) is 2.81. The van der Waals surface area contributed by atoms with E-state index in [4.69, 9.17) is 0 Å². The van der Waals surface area contributed by atoms with E-state index in [1.165, 1.54) is 0 Å². The molecule has 0 aliphatic rings. The SMILES string of the molecule is CN(C)c1ccc(NC(=O)CNC(=O)Cc2ccc(Br)cc2)cc1. The van der Waals surface area contributed by atoms with Crippen LogP contribution in [-0.4, -0.2) is 32.5 Å². The fraction of sp³-hybridized carbons (Fsp3) is 0.222. The average molecular weight is 390 g/mol. The maximum absolute atomic E-state index is 11.9. The molecule has 2 aromatic carbocycles. The molecular weight excluding hydrogens is 370 g/mol. The highest BCUT2D eigenvalue weighted by Crippen LogP contribution is 2.15. The van der Waals surface area contributed by atoms with Gasteiger partial charge in [-0.15, -0.1) is 0 Å². The first kappa shape index (κ1) is 18.0. The van der Waals surface area contributed by atoms with Crippen molar-refractivity contribution in [2.45, 2.75) is 6.42 Å². The standard InChI is InChI=1S/C18H20BrN3O2/c1-22(2)16-9-7-15(8-10-16)21-18(24)12-20-17(23)11-13-3-5-14(19)6-4-13/h3-10H,11-12H2,1-2H3,(H,20,23)(H,21,24). The number of hydrogen-bond donors (Lipinski definition) is 2. The van der Waals surface area contributed by atoms with Gasteiger partial charge in [0, 0.05) is 29.9 Å². The molecule has 0 aromatic heterocycles. The van der Waals surface area contributed by atoms with Gasteiger partial charge >= 0.3 is 0 Å². The van der Waals surface area contributed by atoms with E-state index in [1.807, 2.05) is 67.5 Å². The molecule has 24 heavy (non-hydrogen) atoms. The van der Waals surface area contributed by atoms with Crippen LogP contribution in [0.5, 0.6) is 0 Å².